The lowest BCUT2D eigenvalue weighted by Gasteiger charge is -2.29. The molecular formula is C14H11ClN2O3S. The van der Waals surface area contributed by atoms with Crippen LogP contribution in [0.5, 0.6) is 0 Å². The van der Waals surface area contributed by atoms with Crippen molar-refractivity contribution in [2.24, 2.45) is 0 Å². The van der Waals surface area contributed by atoms with Gasteiger partial charge in [0.1, 0.15) is 4.90 Å². The van der Waals surface area contributed by atoms with Crippen molar-refractivity contribution in [1.82, 2.24) is 0 Å². The number of sulfonamides is 1. The van der Waals surface area contributed by atoms with Crippen molar-refractivity contribution in [1.29, 1.82) is 0 Å². The van der Waals surface area contributed by atoms with Gasteiger partial charge in [0, 0.05) is 5.02 Å². The minimum Gasteiger partial charge on any atom is -0.305 e. The van der Waals surface area contributed by atoms with Crippen molar-refractivity contribution in [3.05, 3.63) is 53.1 Å². The maximum atomic E-state index is 12.7. The summed E-state index contributed by atoms with van der Waals surface area (Å²) >= 11 is 5.88. The molecule has 1 heterocycles. The Morgan fingerprint density at radius 1 is 1.14 bits per heavy atom. The van der Waals surface area contributed by atoms with Gasteiger partial charge >= 0.3 is 6.03 Å². The first kappa shape index (κ1) is 13.9. The van der Waals surface area contributed by atoms with E-state index in [0.29, 0.717) is 10.6 Å². The van der Waals surface area contributed by atoms with Crippen molar-refractivity contribution in [3.63, 3.8) is 0 Å². The van der Waals surface area contributed by atoms with Crippen LogP contribution in [0, 0.1) is 6.92 Å². The third-order valence-corrected chi connectivity index (χ3v) is 5.20. The van der Waals surface area contributed by atoms with Gasteiger partial charge in [0.05, 0.1) is 11.4 Å². The molecule has 108 valence electrons. The number of nitrogens with one attached hydrogen (secondary N) is 1. The number of nitrogens with zero attached hydrogens (tertiary/aromatic N) is 1. The number of fused-ring (bicyclic) bond motifs is 1. The Labute approximate surface area is 127 Å². The van der Waals surface area contributed by atoms with Gasteiger partial charge in [-0.15, -0.1) is 0 Å². The van der Waals surface area contributed by atoms with Crippen LogP contribution in [-0.4, -0.2) is 14.4 Å². The number of anilines is 2. The van der Waals surface area contributed by atoms with E-state index in [1.54, 1.807) is 37.3 Å². The Balaban J connectivity index is 2.22. The summed E-state index contributed by atoms with van der Waals surface area (Å²) < 4.78 is 26.1. The molecule has 0 atom stereocenters. The zero-order valence-electron chi connectivity index (χ0n) is 11.0. The lowest BCUT2D eigenvalue weighted by atomic mass is 10.2. The molecule has 21 heavy (non-hydrogen) atoms. The fraction of sp³-hybridized carbons (Fsp3) is 0.0714. The Morgan fingerprint density at radius 2 is 1.86 bits per heavy atom. The van der Waals surface area contributed by atoms with Crippen molar-refractivity contribution in [2.45, 2.75) is 11.8 Å². The van der Waals surface area contributed by atoms with Crippen LogP contribution in [0.1, 0.15) is 5.56 Å². The van der Waals surface area contributed by atoms with Crippen molar-refractivity contribution >= 4 is 39.0 Å². The molecule has 1 aliphatic rings. The summed E-state index contributed by atoms with van der Waals surface area (Å²) in [7, 11) is -3.94. The molecule has 0 fully saturated rings. The van der Waals surface area contributed by atoms with E-state index in [0.717, 1.165) is 4.31 Å². The molecule has 0 unspecified atom stereocenters. The number of carbonyl (C=O) groups is 1. The van der Waals surface area contributed by atoms with Crippen LogP contribution in [0.3, 0.4) is 0 Å². The van der Waals surface area contributed by atoms with Crippen LogP contribution in [-0.2, 0) is 10.0 Å². The number of para-hydroxylation sites is 1. The SMILES string of the molecule is Cc1cc(Cl)ccc1N1C(=O)Nc2ccccc2S1(=O)=O. The quantitative estimate of drug-likeness (QED) is 0.875. The van der Waals surface area contributed by atoms with Crippen LogP contribution in [0.2, 0.25) is 5.02 Å². The fourth-order valence-corrected chi connectivity index (χ4v) is 4.05. The summed E-state index contributed by atoms with van der Waals surface area (Å²) in [6, 6.07) is 10.3. The topological polar surface area (TPSA) is 66.5 Å². The number of hydrogen-bond acceptors (Lipinski definition) is 3. The Kier molecular flexibility index (Phi) is 3.15. The zero-order valence-corrected chi connectivity index (χ0v) is 12.6. The average molecular weight is 323 g/mol. The molecule has 0 saturated carbocycles. The molecule has 0 saturated heterocycles. The van der Waals surface area contributed by atoms with E-state index in [1.165, 1.54) is 12.1 Å². The molecule has 0 radical (unpaired) electrons. The summed E-state index contributed by atoms with van der Waals surface area (Å²) in [6.07, 6.45) is 0. The third-order valence-electron chi connectivity index (χ3n) is 3.21. The maximum Gasteiger partial charge on any atom is 0.340 e. The summed E-state index contributed by atoms with van der Waals surface area (Å²) in [4.78, 5) is 12.3. The van der Waals surface area contributed by atoms with Gasteiger partial charge in [-0.3, -0.25) is 0 Å². The molecule has 2 aromatic rings. The van der Waals surface area contributed by atoms with Crippen LogP contribution < -0.4 is 9.62 Å². The van der Waals surface area contributed by atoms with Crippen molar-refractivity contribution < 1.29 is 13.2 Å². The highest BCUT2D eigenvalue weighted by molar-refractivity contribution is 7.94. The minimum atomic E-state index is -3.94. The second-order valence-corrected chi connectivity index (χ2v) is 6.82. The Hall–Kier alpha value is -2.05. The highest BCUT2D eigenvalue weighted by Gasteiger charge is 2.38. The van der Waals surface area contributed by atoms with Crippen LogP contribution in [0.15, 0.2) is 47.4 Å². The molecule has 7 heteroatoms. The Morgan fingerprint density at radius 3 is 2.57 bits per heavy atom. The van der Waals surface area contributed by atoms with Gasteiger partial charge in [-0.05, 0) is 42.8 Å². The smallest absolute Gasteiger partial charge is 0.305 e. The Bertz CT molecular complexity index is 849. The lowest BCUT2D eigenvalue weighted by molar-refractivity contribution is 0.259. The molecule has 2 amide bonds. The largest absolute Gasteiger partial charge is 0.340 e. The first-order valence-corrected chi connectivity index (χ1v) is 7.94. The predicted octanol–water partition coefficient (Wildman–Crippen LogP) is 3.39. The summed E-state index contributed by atoms with van der Waals surface area (Å²) in [5.41, 5.74) is 1.16. The molecule has 3 rings (SSSR count). The van der Waals surface area contributed by atoms with Gasteiger partial charge in [-0.1, -0.05) is 23.7 Å². The molecule has 0 aromatic heterocycles. The van der Waals surface area contributed by atoms with E-state index in [4.69, 9.17) is 11.6 Å². The molecule has 0 spiro atoms. The van der Waals surface area contributed by atoms with E-state index in [2.05, 4.69) is 5.32 Å². The summed E-state index contributed by atoms with van der Waals surface area (Å²) in [5.74, 6) is 0. The van der Waals surface area contributed by atoms with Crippen LogP contribution in [0.25, 0.3) is 0 Å². The first-order chi connectivity index (χ1) is 9.91. The number of amides is 2. The van der Waals surface area contributed by atoms with E-state index in [-0.39, 0.29) is 16.3 Å². The number of halogens is 1. The minimum absolute atomic E-state index is 0.0685. The van der Waals surface area contributed by atoms with Gasteiger partial charge in [0.25, 0.3) is 10.0 Å². The highest BCUT2D eigenvalue weighted by Crippen LogP contribution is 2.35. The molecule has 2 aromatic carbocycles. The van der Waals surface area contributed by atoms with E-state index in [1.807, 2.05) is 0 Å². The van der Waals surface area contributed by atoms with Crippen molar-refractivity contribution in [2.75, 3.05) is 9.62 Å². The number of urea groups is 1. The first-order valence-electron chi connectivity index (χ1n) is 6.13. The van der Waals surface area contributed by atoms with Gasteiger partial charge in [-0.2, -0.15) is 4.31 Å². The molecular weight excluding hydrogens is 312 g/mol. The predicted molar refractivity (Wildman–Crippen MR) is 81.3 cm³/mol. The standard InChI is InChI=1S/C14H11ClN2O3S/c1-9-8-10(15)6-7-12(9)17-14(18)16-11-4-2-3-5-13(11)21(17,19)20/h2-8H,1H3,(H,16,18). The zero-order chi connectivity index (χ0) is 15.2. The van der Waals surface area contributed by atoms with Crippen LogP contribution in [0.4, 0.5) is 16.2 Å². The lowest BCUT2D eigenvalue weighted by Crippen LogP contribution is -2.44. The van der Waals surface area contributed by atoms with E-state index < -0.39 is 16.1 Å². The fourth-order valence-electron chi connectivity index (χ4n) is 2.25. The van der Waals surface area contributed by atoms with E-state index in [9.17, 15) is 13.2 Å². The summed E-state index contributed by atoms with van der Waals surface area (Å²) in [6.45, 7) is 1.70. The van der Waals surface area contributed by atoms with Crippen LogP contribution >= 0.6 is 11.6 Å². The molecule has 1 aliphatic heterocycles. The average Bonchev–Trinajstić information content (AvgIpc) is 2.41. The highest BCUT2D eigenvalue weighted by atomic mass is 35.5. The monoisotopic (exact) mass is 322 g/mol. The second-order valence-electron chi connectivity index (χ2n) is 4.63. The number of rotatable bonds is 1. The van der Waals surface area contributed by atoms with Crippen molar-refractivity contribution in [3.8, 4) is 0 Å². The number of benzene rings is 2. The number of aryl methyl sites for hydroxylation is 1. The van der Waals surface area contributed by atoms with Gasteiger partial charge < -0.3 is 5.32 Å². The molecule has 1 N–H and O–H groups in total. The van der Waals surface area contributed by atoms with E-state index >= 15 is 0 Å². The van der Waals surface area contributed by atoms with Gasteiger partial charge in [0.15, 0.2) is 0 Å². The third kappa shape index (κ3) is 2.16. The van der Waals surface area contributed by atoms with Gasteiger partial charge in [-0.25, -0.2) is 13.2 Å². The normalized spacial score (nSPS) is 16.3. The molecule has 0 bridgehead atoms. The molecule has 0 aliphatic carbocycles. The number of hydrogen-bond donors (Lipinski definition) is 1. The molecule has 5 nitrogen and oxygen atoms in total. The number of carbonyl (C=O) groups excluding carboxylic acids is 1. The summed E-state index contributed by atoms with van der Waals surface area (Å²) in [5, 5.41) is 3.06. The second kappa shape index (κ2) is 4.75. The van der Waals surface area contributed by atoms with Gasteiger partial charge in [0.2, 0.25) is 0 Å². The maximum absolute atomic E-state index is 12.7.